The van der Waals surface area contributed by atoms with E-state index in [-0.39, 0.29) is 23.3 Å². The second-order valence-corrected chi connectivity index (χ2v) is 4.78. The van der Waals surface area contributed by atoms with E-state index in [9.17, 15) is 9.59 Å². The molecule has 0 fully saturated rings. The molecular formula is C13H22N4O3. The molecule has 1 aromatic rings. The lowest BCUT2D eigenvalue weighted by Gasteiger charge is -2.17. The Morgan fingerprint density at radius 2 is 2.15 bits per heavy atom. The predicted molar refractivity (Wildman–Crippen MR) is 75.2 cm³/mol. The van der Waals surface area contributed by atoms with Gasteiger partial charge in [0.2, 0.25) is 5.91 Å². The smallest absolute Gasteiger partial charge is 0.360 e. The molecule has 1 amide bonds. The number of anilines is 1. The third-order valence-corrected chi connectivity index (χ3v) is 3.03. The highest BCUT2D eigenvalue weighted by molar-refractivity contribution is 5.92. The highest BCUT2D eigenvalue weighted by Crippen LogP contribution is 2.15. The van der Waals surface area contributed by atoms with Crippen molar-refractivity contribution in [2.24, 2.45) is 0 Å². The molecule has 1 aromatic heterocycles. The van der Waals surface area contributed by atoms with Crippen LogP contribution in [0.3, 0.4) is 0 Å². The van der Waals surface area contributed by atoms with Gasteiger partial charge in [-0.15, -0.1) is 0 Å². The first-order chi connectivity index (χ1) is 9.40. The molecule has 2 atom stereocenters. The van der Waals surface area contributed by atoms with Crippen molar-refractivity contribution in [3.8, 4) is 0 Å². The molecule has 1 rings (SSSR count). The number of hydrogen-bond donors (Lipinski definition) is 2. The normalized spacial score (nSPS) is 13.6. The Kier molecular flexibility index (Phi) is 5.54. The zero-order valence-electron chi connectivity index (χ0n) is 12.3. The van der Waals surface area contributed by atoms with Gasteiger partial charge >= 0.3 is 5.97 Å². The molecule has 1 heterocycles. The van der Waals surface area contributed by atoms with Crippen LogP contribution in [0.1, 0.15) is 50.1 Å². The summed E-state index contributed by atoms with van der Waals surface area (Å²) >= 11 is 0. The van der Waals surface area contributed by atoms with Crippen LogP contribution in [0.15, 0.2) is 6.20 Å². The van der Waals surface area contributed by atoms with E-state index in [0.717, 1.165) is 12.8 Å². The Hall–Kier alpha value is -2.05. The van der Waals surface area contributed by atoms with Gasteiger partial charge in [-0.25, -0.2) is 4.79 Å². The van der Waals surface area contributed by atoms with Gasteiger partial charge in [-0.1, -0.05) is 13.3 Å². The lowest BCUT2D eigenvalue weighted by Crippen LogP contribution is -2.37. The summed E-state index contributed by atoms with van der Waals surface area (Å²) in [7, 11) is 1.25. The molecule has 0 aliphatic carbocycles. The average Bonchev–Trinajstić information content (AvgIpc) is 2.79. The number of rotatable bonds is 6. The van der Waals surface area contributed by atoms with Crippen molar-refractivity contribution in [3.63, 3.8) is 0 Å². The van der Waals surface area contributed by atoms with Crippen LogP contribution in [-0.2, 0) is 9.53 Å². The third kappa shape index (κ3) is 3.72. The number of nitrogens with zero attached hydrogens (tertiary/aromatic N) is 2. The summed E-state index contributed by atoms with van der Waals surface area (Å²) in [6, 6.07) is -0.446. The van der Waals surface area contributed by atoms with Gasteiger partial charge in [0.15, 0.2) is 5.69 Å². The summed E-state index contributed by atoms with van der Waals surface area (Å²) in [5.41, 5.74) is 5.90. The first-order valence-corrected chi connectivity index (χ1v) is 6.64. The molecule has 0 saturated carbocycles. The second kappa shape index (κ2) is 6.93. The van der Waals surface area contributed by atoms with Crippen LogP contribution in [0, 0.1) is 0 Å². The molecule has 7 heteroatoms. The van der Waals surface area contributed by atoms with E-state index >= 15 is 0 Å². The number of carbonyl (C=O) groups excluding carboxylic acids is 2. The number of amides is 1. The summed E-state index contributed by atoms with van der Waals surface area (Å²) in [6.45, 7) is 5.70. The Bertz CT molecular complexity index is 484. The van der Waals surface area contributed by atoms with Gasteiger partial charge in [0.1, 0.15) is 6.04 Å². The van der Waals surface area contributed by atoms with E-state index < -0.39 is 12.0 Å². The number of hydrogen-bond acceptors (Lipinski definition) is 5. The third-order valence-electron chi connectivity index (χ3n) is 3.03. The molecule has 7 nitrogen and oxygen atoms in total. The fraction of sp³-hybridized carbons (Fsp3) is 0.615. The maximum atomic E-state index is 12.1. The lowest BCUT2D eigenvalue weighted by molar-refractivity contribution is -0.124. The number of aromatic nitrogens is 2. The topological polar surface area (TPSA) is 99.2 Å². The number of ether oxygens (including phenoxy) is 1. The minimum Gasteiger partial charge on any atom is -0.464 e. The number of carbonyl (C=O) groups is 2. The van der Waals surface area contributed by atoms with E-state index in [1.807, 2.05) is 6.92 Å². The van der Waals surface area contributed by atoms with E-state index in [1.165, 1.54) is 18.0 Å². The number of esters is 1. The predicted octanol–water partition coefficient (Wildman–Crippen LogP) is 1.12. The van der Waals surface area contributed by atoms with Crippen LogP contribution < -0.4 is 11.1 Å². The summed E-state index contributed by atoms with van der Waals surface area (Å²) in [6.07, 6.45) is 3.37. The van der Waals surface area contributed by atoms with Gasteiger partial charge in [0.25, 0.3) is 0 Å². The van der Waals surface area contributed by atoms with E-state index in [0.29, 0.717) is 0 Å². The van der Waals surface area contributed by atoms with E-state index in [1.54, 1.807) is 6.92 Å². The maximum Gasteiger partial charge on any atom is 0.360 e. The Morgan fingerprint density at radius 3 is 2.70 bits per heavy atom. The number of nitrogens with one attached hydrogen (secondary N) is 1. The van der Waals surface area contributed by atoms with E-state index in [2.05, 4.69) is 22.1 Å². The van der Waals surface area contributed by atoms with Crippen molar-refractivity contribution in [2.75, 3.05) is 12.8 Å². The average molecular weight is 282 g/mol. The van der Waals surface area contributed by atoms with E-state index in [4.69, 9.17) is 5.73 Å². The molecule has 0 bridgehead atoms. The second-order valence-electron chi connectivity index (χ2n) is 4.78. The summed E-state index contributed by atoms with van der Waals surface area (Å²) in [4.78, 5) is 23.5. The summed E-state index contributed by atoms with van der Waals surface area (Å²) < 4.78 is 5.94. The zero-order chi connectivity index (χ0) is 15.3. The van der Waals surface area contributed by atoms with Crippen LogP contribution in [-0.4, -0.2) is 34.8 Å². The lowest BCUT2D eigenvalue weighted by atomic mass is 10.2. The number of methoxy groups -OCH3 is 1. The molecule has 112 valence electrons. The molecule has 3 N–H and O–H groups in total. The minimum atomic E-state index is -0.617. The van der Waals surface area contributed by atoms with Crippen LogP contribution in [0.2, 0.25) is 0 Å². The molecular weight excluding hydrogens is 260 g/mol. The van der Waals surface area contributed by atoms with Gasteiger partial charge in [0.05, 0.1) is 12.8 Å². The SMILES string of the molecule is CCCC(C)NC(=O)C(C)n1cc(N)c(C(=O)OC)n1. The molecule has 0 aliphatic heterocycles. The molecule has 0 aliphatic rings. The van der Waals surface area contributed by atoms with Crippen molar-refractivity contribution < 1.29 is 14.3 Å². The fourth-order valence-electron chi connectivity index (χ4n) is 1.85. The Morgan fingerprint density at radius 1 is 1.50 bits per heavy atom. The van der Waals surface area contributed by atoms with Crippen molar-refractivity contribution >= 4 is 17.6 Å². The number of nitrogen functional groups attached to an aromatic ring is 1. The molecule has 0 radical (unpaired) electrons. The Balaban J connectivity index is 2.79. The standard InChI is InChI=1S/C13H22N4O3/c1-5-6-8(2)15-12(18)9(3)17-7-10(14)11(16-17)13(19)20-4/h7-9H,5-6,14H2,1-4H3,(H,15,18). The van der Waals surface area contributed by atoms with Gasteiger partial charge in [-0.3, -0.25) is 9.48 Å². The van der Waals surface area contributed by atoms with Crippen molar-refractivity contribution in [1.29, 1.82) is 0 Å². The largest absolute Gasteiger partial charge is 0.464 e. The Labute approximate surface area is 118 Å². The number of nitrogens with two attached hydrogens (primary N) is 1. The summed E-state index contributed by atoms with van der Waals surface area (Å²) in [5.74, 6) is -0.780. The monoisotopic (exact) mass is 282 g/mol. The molecule has 0 saturated heterocycles. The minimum absolute atomic E-state index is 0.0220. The first-order valence-electron chi connectivity index (χ1n) is 6.64. The van der Waals surface area contributed by atoms with Crippen molar-refractivity contribution in [2.45, 2.75) is 45.7 Å². The first kappa shape index (κ1) is 16.0. The highest BCUT2D eigenvalue weighted by atomic mass is 16.5. The van der Waals surface area contributed by atoms with Crippen LogP contribution in [0.4, 0.5) is 5.69 Å². The summed E-state index contributed by atoms with van der Waals surface area (Å²) in [5, 5.41) is 6.91. The van der Waals surface area contributed by atoms with Crippen LogP contribution in [0.25, 0.3) is 0 Å². The van der Waals surface area contributed by atoms with Crippen LogP contribution >= 0.6 is 0 Å². The molecule has 0 aromatic carbocycles. The van der Waals surface area contributed by atoms with Crippen LogP contribution in [0.5, 0.6) is 0 Å². The molecule has 2 unspecified atom stereocenters. The van der Waals surface area contributed by atoms with Gasteiger partial charge in [-0.05, 0) is 20.3 Å². The van der Waals surface area contributed by atoms with Crippen molar-refractivity contribution in [1.82, 2.24) is 15.1 Å². The fourth-order valence-corrected chi connectivity index (χ4v) is 1.85. The zero-order valence-corrected chi connectivity index (χ0v) is 12.3. The van der Waals surface area contributed by atoms with Crippen molar-refractivity contribution in [3.05, 3.63) is 11.9 Å². The van der Waals surface area contributed by atoms with Gasteiger partial charge < -0.3 is 15.8 Å². The van der Waals surface area contributed by atoms with Gasteiger partial charge in [-0.2, -0.15) is 5.10 Å². The maximum absolute atomic E-state index is 12.1. The molecule has 0 spiro atoms. The highest BCUT2D eigenvalue weighted by Gasteiger charge is 2.22. The molecule has 20 heavy (non-hydrogen) atoms. The quantitative estimate of drug-likeness (QED) is 0.762. The van der Waals surface area contributed by atoms with Gasteiger partial charge in [0, 0.05) is 12.2 Å².